The van der Waals surface area contributed by atoms with E-state index < -0.39 is 0 Å². The monoisotopic (exact) mass is 148 g/mol. The number of hydrazine groups is 1. The molecule has 0 atom stereocenters. The highest BCUT2D eigenvalue weighted by Crippen LogP contribution is 1.93. The molecule has 0 unspecified atom stereocenters. The van der Waals surface area contributed by atoms with E-state index in [0.29, 0.717) is 6.42 Å². The van der Waals surface area contributed by atoms with E-state index in [-0.39, 0.29) is 5.91 Å². The lowest BCUT2D eigenvalue weighted by Crippen LogP contribution is -2.34. The summed E-state index contributed by atoms with van der Waals surface area (Å²) in [6, 6.07) is 0. The van der Waals surface area contributed by atoms with Crippen LogP contribution in [0.3, 0.4) is 0 Å². The van der Waals surface area contributed by atoms with Gasteiger partial charge in [-0.25, -0.2) is 5.43 Å². The second kappa shape index (κ2) is 5.91. The van der Waals surface area contributed by atoms with Crippen molar-refractivity contribution in [3.8, 4) is 0 Å². The lowest BCUT2D eigenvalue weighted by molar-refractivity contribution is -0.121. The molecule has 9 heavy (non-hydrogen) atoms. The van der Waals surface area contributed by atoms with Crippen molar-refractivity contribution in [3.05, 3.63) is 0 Å². The Morgan fingerprint density at radius 1 is 1.67 bits per heavy atom. The topological polar surface area (TPSA) is 41.1 Å². The molecule has 0 rings (SSSR count). The molecule has 0 heterocycles. The number of carbonyl (C=O) groups excluding carboxylic acids is 1. The number of rotatable bonds is 4. The molecule has 3 nitrogen and oxygen atoms in total. The molecule has 0 fully saturated rings. The fraction of sp³-hybridized carbons (Fsp3) is 0.800. The fourth-order valence-corrected chi connectivity index (χ4v) is 0.786. The number of nitrogens with one attached hydrogen (secondary N) is 2. The SMILES string of the molecule is CNNC(=O)CCSC. The van der Waals surface area contributed by atoms with E-state index in [1.807, 2.05) is 6.26 Å². The summed E-state index contributed by atoms with van der Waals surface area (Å²) in [5, 5.41) is 0. The third-order valence-corrected chi connectivity index (χ3v) is 1.41. The van der Waals surface area contributed by atoms with Crippen LogP contribution in [-0.4, -0.2) is 25.0 Å². The van der Waals surface area contributed by atoms with Crippen molar-refractivity contribution in [1.29, 1.82) is 0 Å². The van der Waals surface area contributed by atoms with Crippen molar-refractivity contribution in [2.75, 3.05) is 19.1 Å². The molecule has 0 saturated carbocycles. The molecule has 0 aromatic rings. The summed E-state index contributed by atoms with van der Waals surface area (Å²) < 4.78 is 0. The van der Waals surface area contributed by atoms with Crippen LogP contribution in [0.4, 0.5) is 0 Å². The smallest absolute Gasteiger partial charge is 0.234 e. The first-order chi connectivity index (χ1) is 4.31. The van der Waals surface area contributed by atoms with Crippen LogP contribution in [0.1, 0.15) is 6.42 Å². The molecule has 4 heteroatoms. The predicted octanol–water partition coefficient (Wildman–Crippen LogP) is -0.00990. The Morgan fingerprint density at radius 2 is 2.33 bits per heavy atom. The molecule has 0 aromatic carbocycles. The van der Waals surface area contributed by atoms with Crippen LogP contribution in [0.25, 0.3) is 0 Å². The van der Waals surface area contributed by atoms with Crippen molar-refractivity contribution in [2.24, 2.45) is 0 Å². The Hall–Kier alpha value is -0.220. The Bertz CT molecular complexity index is 87.0. The molecule has 0 aliphatic rings. The molecule has 2 N–H and O–H groups in total. The van der Waals surface area contributed by atoms with Crippen molar-refractivity contribution in [1.82, 2.24) is 10.9 Å². The van der Waals surface area contributed by atoms with Crippen molar-refractivity contribution in [2.45, 2.75) is 6.42 Å². The third kappa shape index (κ3) is 5.65. The number of carbonyl (C=O) groups is 1. The van der Waals surface area contributed by atoms with Gasteiger partial charge in [0, 0.05) is 19.2 Å². The Labute approximate surface area is 59.6 Å². The quantitative estimate of drug-likeness (QED) is 0.551. The molecular formula is C5H12N2OS. The number of hydrogen-bond donors (Lipinski definition) is 2. The van der Waals surface area contributed by atoms with Crippen molar-refractivity contribution in [3.63, 3.8) is 0 Å². The maximum absolute atomic E-state index is 10.6. The van der Waals surface area contributed by atoms with Crippen LogP contribution in [0, 0.1) is 0 Å². The van der Waals surface area contributed by atoms with Gasteiger partial charge in [0.25, 0.3) is 0 Å². The van der Waals surface area contributed by atoms with E-state index in [1.54, 1.807) is 18.8 Å². The lowest BCUT2D eigenvalue weighted by Gasteiger charge is -1.99. The van der Waals surface area contributed by atoms with Crippen LogP contribution < -0.4 is 10.9 Å². The zero-order chi connectivity index (χ0) is 7.11. The molecule has 54 valence electrons. The van der Waals surface area contributed by atoms with Gasteiger partial charge >= 0.3 is 0 Å². The average molecular weight is 148 g/mol. The maximum atomic E-state index is 10.6. The van der Waals surface area contributed by atoms with Crippen LogP contribution >= 0.6 is 11.8 Å². The van der Waals surface area contributed by atoms with Gasteiger partial charge in [0.2, 0.25) is 5.91 Å². The van der Waals surface area contributed by atoms with Crippen LogP contribution in [0.2, 0.25) is 0 Å². The van der Waals surface area contributed by atoms with Gasteiger partial charge in [-0.05, 0) is 6.26 Å². The summed E-state index contributed by atoms with van der Waals surface area (Å²) in [6.07, 6.45) is 2.56. The summed E-state index contributed by atoms with van der Waals surface area (Å²) in [7, 11) is 1.68. The van der Waals surface area contributed by atoms with Gasteiger partial charge in [0.15, 0.2) is 0 Å². The van der Waals surface area contributed by atoms with Crippen LogP contribution in [-0.2, 0) is 4.79 Å². The second-order valence-corrected chi connectivity index (χ2v) is 2.53. The molecule has 1 amide bonds. The molecule has 0 aromatic heterocycles. The van der Waals surface area contributed by atoms with E-state index in [4.69, 9.17) is 0 Å². The zero-order valence-corrected chi connectivity index (χ0v) is 6.55. The molecular weight excluding hydrogens is 136 g/mol. The maximum Gasteiger partial charge on any atom is 0.234 e. The molecule has 0 aliphatic carbocycles. The summed E-state index contributed by atoms with van der Waals surface area (Å²) in [6.45, 7) is 0. The lowest BCUT2D eigenvalue weighted by atomic mass is 10.5. The van der Waals surface area contributed by atoms with Gasteiger partial charge in [-0.1, -0.05) is 0 Å². The predicted molar refractivity (Wildman–Crippen MR) is 40.2 cm³/mol. The van der Waals surface area contributed by atoms with Crippen molar-refractivity contribution >= 4 is 17.7 Å². The van der Waals surface area contributed by atoms with Gasteiger partial charge in [-0.15, -0.1) is 0 Å². The number of amides is 1. The minimum atomic E-state index is 0.0480. The highest BCUT2D eigenvalue weighted by atomic mass is 32.2. The second-order valence-electron chi connectivity index (χ2n) is 1.54. The zero-order valence-electron chi connectivity index (χ0n) is 5.73. The highest BCUT2D eigenvalue weighted by Gasteiger charge is 1.95. The Morgan fingerprint density at radius 3 is 2.78 bits per heavy atom. The van der Waals surface area contributed by atoms with E-state index in [1.165, 1.54) is 0 Å². The third-order valence-electron chi connectivity index (χ3n) is 0.798. The summed E-state index contributed by atoms with van der Waals surface area (Å²) in [5.74, 6) is 0.930. The molecule has 0 bridgehead atoms. The summed E-state index contributed by atoms with van der Waals surface area (Å²) in [5.41, 5.74) is 5.05. The molecule has 0 saturated heterocycles. The van der Waals surface area contributed by atoms with Gasteiger partial charge in [0.1, 0.15) is 0 Å². The van der Waals surface area contributed by atoms with Gasteiger partial charge in [-0.3, -0.25) is 10.2 Å². The number of hydrogen-bond acceptors (Lipinski definition) is 3. The standard InChI is InChI=1S/C5H12N2OS/c1-6-7-5(8)3-4-9-2/h6H,3-4H2,1-2H3,(H,7,8). The van der Waals surface area contributed by atoms with E-state index in [2.05, 4.69) is 10.9 Å². The molecule has 0 aliphatic heterocycles. The minimum absolute atomic E-state index is 0.0480. The van der Waals surface area contributed by atoms with Gasteiger partial charge in [0.05, 0.1) is 0 Å². The first kappa shape index (κ1) is 8.78. The normalized spacial score (nSPS) is 9.11. The number of thioether (sulfide) groups is 1. The largest absolute Gasteiger partial charge is 0.292 e. The summed E-state index contributed by atoms with van der Waals surface area (Å²) >= 11 is 1.67. The van der Waals surface area contributed by atoms with Crippen LogP contribution in [0.15, 0.2) is 0 Å². The molecule has 0 radical (unpaired) electrons. The minimum Gasteiger partial charge on any atom is -0.292 e. The summed E-state index contributed by atoms with van der Waals surface area (Å²) in [4.78, 5) is 10.6. The average Bonchev–Trinajstić information content (AvgIpc) is 1.85. The van der Waals surface area contributed by atoms with E-state index in [0.717, 1.165) is 5.75 Å². The fourth-order valence-electron chi connectivity index (χ4n) is 0.397. The highest BCUT2D eigenvalue weighted by molar-refractivity contribution is 7.98. The van der Waals surface area contributed by atoms with Crippen molar-refractivity contribution < 1.29 is 4.79 Å². The van der Waals surface area contributed by atoms with E-state index in [9.17, 15) is 4.79 Å². The van der Waals surface area contributed by atoms with E-state index >= 15 is 0 Å². The first-order valence-electron chi connectivity index (χ1n) is 2.75. The first-order valence-corrected chi connectivity index (χ1v) is 4.15. The Balaban J connectivity index is 3.06. The van der Waals surface area contributed by atoms with Gasteiger partial charge in [-0.2, -0.15) is 11.8 Å². The van der Waals surface area contributed by atoms with Gasteiger partial charge < -0.3 is 0 Å². The molecule has 0 spiro atoms. The van der Waals surface area contributed by atoms with Crippen LogP contribution in [0.5, 0.6) is 0 Å². The Kier molecular flexibility index (Phi) is 5.76.